The first-order chi connectivity index (χ1) is 6.52. The molecule has 1 aromatic heterocycles. The summed E-state index contributed by atoms with van der Waals surface area (Å²) in [5.74, 6) is 0.853. The van der Waals surface area contributed by atoms with Crippen molar-refractivity contribution in [1.82, 2.24) is 9.55 Å². The maximum absolute atomic E-state index is 6.05. The van der Waals surface area contributed by atoms with Crippen LogP contribution in [0.4, 0.5) is 0 Å². The van der Waals surface area contributed by atoms with Gasteiger partial charge < -0.3 is 4.57 Å². The molecule has 5 heteroatoms. The molecule has 2 nitrogen and oxygen atoms in total. The van der Waals surface area contributed by atoms with Gasteiger partial charge in [0, 0.05) is 7.05 Å². The van der Waals surface area contributed by atoms with Crippen molar-refractivity contribution < 1.29 is 0 Å². The minimum absolute atomic E-state index is 0.433. The van der Waals surface area contributed by atoms with Crippen molar-refractivity contribution in [2.24, 2.45) is 7.05 Å². The van der Waals surface area contributed by atoms with E-state index in [1.165, 1.54) is 0 Å². The number of nitrogens with zero attached hydrogens (tertiary/aromatic N) is 2. The van der Waals surface area contributed by atoms with Gasteiger partial charge in [0.15, 0.2) is 0 Å². The summed E-state index contributed by atoms with van der Waals surface area (Å²) in [5, 5.41) is 1.45. The van der Waals surface area contributed by atoms with Crippen molar-refractivity contribution >= 4 is 45.8 Å². The van der Waals surface area contributed by atoms with Crippen LogP contribution in [0.3, 0.4) is 0 Å². The highest BCUT2D eigenvalue weighted by molar-refractivity contribution is 6.47. The third kappa shape index (κ3) is 1.29. The van der Waals surface area contributed by atoms with E-state index in [0.717, 1.165) is 11.3 Å². The Balaban J connectivity index is 3.02. The van der Waals surface area contributed by atoms with Crippen LogP contribution in [0.1, 0.15) is 5.82 Å². The van der Waals surface area contributed by atoms with Crippen LogP contribution in [0.15, 0.2) is 6.07 Å². The van der Waals surface area contributed by atoms with E-state index in [4.69, 9.17) is 34.8 Å². The van der Waals surface area contributed by atoms with E-state index in [1.807, 2.05) is 18.5 Å². The molecule has 0 spiro atoms. The Labute approximate surface area is 96.4 Å². The van der Waals surface area contributed by atoms with Crippen molar-refractivity contribution in [1.29, 1.82) is 0 Å². The van der Waals surface area contributed by atoms with Crippen molar-refractivity contribution in [3.8, 4) is 0 Å². The largest absolute Gasteiger partial charge is 0.330 e. The Hall–Kier alpha value is -0.440. The lowest BCUT2D eigenvalue weighted by molar-refractivity contribution is 0.886. The predicted molar refractivity (Wildman–Crippen MR) is 60.5 cm³/mol. The van der Waals surface area contributed by atoms with Gasteiger partial charge in [-0.05, 0) is 13.0 Å². The number of fused-ring (bicyclic) bond motifs is 1. The normalized spacial score (nSPS) is 11.2. The molecule has 1 heterocycles. The van der Waals surface area contributed by atoms with Gasteiger partial charge in [0.25, 0.3) is 0 Å². The highest BCUT2D eigenvalue weighted by Crippen LogP contribution is 2.35. The van der Waals surface area contributed by atoms with Crippen molar-refractivity contribution in [2.75, 3.05) is 0 Å². The minimum atomic E-state index is 0.433. The lowest BCUT2D eigenvalue weighted by Crippen LogP contribution is -1.90. The standard InChI is InChI=1S/C9H7Cl3N2/c1-4-13-8-7(12)5(10)3-6(11)9(8)14(4)2/h3H,1-2H3. The van der Waals surface area contributed by atoms with Crippen LogP contribution in [-0.2, 0) is 7.05 Å². The zero-order chi connectivity index (χ0) is 10.5. The van der Waals surface area contributed by atoms with Gasteiger partial charge in [-0.3, -0.25) is 0 Å². The highest BCUT2D eigenvalue weighted by atomic mass is 35.5. The predicted octanol–water partition coefficient (Wildman–Crippen LogP) is 3.84. The molecule has 0 radical (unpaired) electrons. The summed E-state index contributed by atoms with van der Waals surface area (Å²) >= 11 is 18.0. The third-order valence-corrected chi connectivity index (χ3v) is 3.28. The van der Waals surface area contributed by atoms with Gasteiger partial charge in [-0.15, -0.1) is 0 Å². The van der Waals surface area contributed by atoms with Crippen LogP contribution in [0.2, 0.25) is 15.1 Å². The molecule has 0 saturated carbocycles. The van der Waals surface area contributed by atoms with Crippen LogP contribution in [-0.4, -0.2) is 9.55 Å². The van der Waals surface area contributed by atoms with Gasteiger partial charge in [0.05, 0.1) is 20.6 Å². The smallest absolute Gasteiger partial charge is 0.110 e. The van der Waals surface area contributed by atoms with E-state index >= 15 is 0 Å². The summed E-state index contributed by atoms with van der Waals surface area (Å²) < 4.78 is 1.89. The zero-order valence-corrected chi connectivity index (χ0v) is 9.87. The maximum atomic E-state index is 6.05. The Bertz CT molecular complexity index is 516. The number of hydrogen-bond donors (Lipinski definition) is 0. The topological polar surface area (TPSA) is 17.8 Å². The van der Waals surface area contributed by atoms with E-state index in [9.17, 15) is 0 Å². The fraction of sp³-hybridized carbons (Fsp3) is 0.222. The number of hydrogen-bond acceptors (Lipinski definition) is 1. The van der Waals surface area contributed by atoms with E-state index in [-0.39, 0.29) is 0 Å². The Morgan fingerprint density at radius 1 is 1.21 bits per heavy atom. The summed E-state index contributed by atoms with van der Waals surface area (Å²) in [7, 11) is 1.89. The van der Waals surface area contributed by atoms with Gasteiger partial charge in [0.2, 0.25) is 0 Å². The van der Waals surface area contributed by atoms with Crippen molar-refractivity contribution in [3.63, 3.8) is 0 Å². The van der Waals surface area contributed by atoms with Gasteiger partial charge in [-0.25, -0.2) is 4.98 Å². The molecule has 0 fully saturated rings. The molecule has 0 aliphatic heterocycles. The second-order valence-electron chi connectivity index (χ2n) is 3.07. The molecule has 0 bridgehead atoms. The highest BCUT2D eigenvalue weighted by Gasteiger charge is 2.14. The van der Waals surface area contributed by atoms with Crippen LogP contribution >= 0.6 is 34.8 Å². The number of rotatable bonds is 0. The molecule has 0 aliphatic rings. The first kappa shape index (κ1) is 10.1. The Morgan fingerprint density at radius 3 is 2.50 bits per heavy atom. The Morgan fingerprint density at radius 2 is 1.86 bits per heavy atom. The average Bonchev–Trinajstić information content (AvgIpc) is 2.40. The first-order valence-electron chi connectivity index (χ1n) is 3.99. The summed E-state index contributed by atoms with van der Waals surface area (Å²) in [6, 6.07) is 1.63. The maximum Gasteiger partial charge on any atom is 0.110 e. The van der Waals surface area contributed by atoms with Crippen molar-refractivity contribution in [2.45, 2.75) is 6.92 Å². The van der Waals surface area contributed by atoms with Crippen LogP contribution < -0.4 is 0 Å². The summed E-state index contributed by atoms with van der Waals surface area (Å²) in [4.78, 5) is 4.30. The Kier molecular flexibility index (Phi) is 2.38. The van der Waals surface area contributed by atoms with E-state index < -0.39 is 0 Å². The van der Waals surface area contributed by atoms with Gasteiger partial charge in [-0.1, -0.05) is 34.8 Å². The molecule has 14 heavy (non-hydrogen) atoms. The lowest BCUT2D eigenvalue weighted by Gasteiger charge is -2.01. The molecule has 0 atom stereocenters. The fourth-order valence-corrected chi connectivity index (χ4v) is 2.16. The fourth-order valence-electron chi connectivity index (χ4n) is 1.39. The molecule has 2 aromatic rings. The summed E-state index contributed by atoms with van der Waals surface area (Å²) in [6.45, 7) is 1.89. The molecular weight excluding hydrogens is 242 g/mol. The minimum Gasteiger partial charge on any atom is -0.330 e. The molecule has 74 valence electrons. The van der Waals surface area contributed by atoms with E-state index in [0.29, 0.717) is 20.6 Å². The molecule has 2 rings (SSSR count). The van der Waals surface area contributed by atoms with Gasteiger partial charge in [-0.2, -0.15) is 0 Å². The number of aryl methyl sites for hydroxylation is 2. The van der Waals surface area contributed by atoms with Crippen LogP contribution in [0.25, 0.3) is 11.0 Å². The van der Waals surface area contributed by atoms with Gasteiger partial charge >= 0.3 is 0 Å². The molecule has 0 N–H and O–H groups in total. The van der Waals surface area contributed by atoms with Crippen LogP contribution in [0, 0.1) is 6.92 Å². The molecule has 0 saturated heterocycles. The molecule has 0 unspecified atom stereocenters. The summed E-state index contributed by atoms with van der Waals surface area (Å²) in [5.41, 5.74) is 1.47. The van der Waals surface area contributed by atoms with Gasteiger partial charge in [0.1, 0.15) is 11.3 Å². The zero-order valence-electron chi connectivity index (χ0n) is 7.61. The number of imidazole rings is 1. The molecular formula is C9H7Cl3N2. The SMILES string of the molecule is Cc1nc2c(Cl)c(Cl)cc(Cl)c2n1C. The molecule has 0 aliphatic carbocycles. The second kappa shape index (κ2) is 3.30. The average molecular weight is 250 g/mol. The van der Waals surface area contributed by atoms with Crippen molar-refractivity contribution in [3.05, 3.63) is 27.0 Å². The number of aromatic nitrogens is 2. The van der Waals surface area contributed by atoms with E-state index in [1.54, 1.807) is 6.07 Å². The van der Waals surface area contributed by atoms with Crippen LogP contribution in [0.5, 0.6) is 0 Å². The monoisotopic (exact) mass is 248 g/mol. The molecule has 0 amide bonds. The lowest BCUT2D eigenvalue weighted by atomic mass is 10.3. The first-order valence-corrected chi connectivity index (χ1v) is 5.12. The van der Waals surface area contributed by atoms with E-state index in [2.05, 4.69) is 4.98 Å². The summed E-state index contributed by atoms with van der Waals surface area (Å²) in [6.07, 6.45) is 0. The number of benzene rings is 1. The number of halogens is 3. The third-order valence-electron chi connectivity index (χ3n) is 2.22. The quantitative estimate of drug-likeness (QED) is 0.649. The second-order valence-corrected chi connectivity index (χ2v) is 4.26. The molecule has 1 aromatic carbocycles.